The monoisotopic (exact) mass is 306 g/mol. The minimum atomic E-state index is -0.171. The number of nitrogens with zero attached hydrogens (tertiary/aromatic N) is 2. The molecule has 0 aliphatic heterocycles. The Balaban J connectivity index is 2.83. The molecule has 0 fully saturated rings. The van der Waals surface area contributed by atoms with E-state index in [1.807, 2.05) is 0 Å². The molecule has 16 heavy (non-hydrogen) atoms. The van der Waals surface area contributed by atoms with Gasteiger partial charge in [0.15, 0.2) is 0 Å². The lowest BCUT2D eigenvalue weighted by Gasteiger charge is -2.17. The molecule has 4 nitrogen and oxygen atoms in total. The first kappa shape index (κ1) is 13.4. The van der Waals surface area contributed by atoms with E-state index in [0.29, 0.717) is 18.7 Å². The Hall–Kier alpha value is -0.650. The van der Waals surface area contributed by atoms with Crippen molar-refractivity contribution in [3.63, 3.8) is 0 Å². The van der Waals surface area contributed by atoms with Gasteiger partial charge >= 0.3 is 0 Å². The summed E-state index contributed by atoms with van der Waals surface area (Å²) in [6.45, 7) is 0.999. The summed E-state index contributed by atoms with van der Waals surface area (Å²) in [7, 11) is 3.28. The van der Waals surface area contributed by atoms with Crippen LogP contribution in [0.3, 0.4) is 0 Å². The van der Waals surface area contributed by atoms with Crippen LogP contribution in [0, 0.1) is 0 Å². The van der Waals surface area contributed by atoms with E-state index in [2.05, 4.69) is 20.9 Å². The van der Waals surface area contributed by atoms with Crippen molar-refractivity contribution < 1.29 is 9.53 Å². The number of hydrogen-bond acceptors (Lipinski definition) is 3. The zero-order valence-corrected chi connectivity index (χ0v) is 11.4. The predicted octanol–water partition coefficient (Wildman–Crippen LogP) is 2.22. The van der Waals surface area contributed by atoms with Crippen molar-refractivity contribution in [1.82, 2.24) is 9.88 Å². The number of aromatic nitrogens is 1. The molecule has 1 aromatic heterocycles. The minimum absolute atomic E-state index is 0.171. The van der Waals surface area contributed by atoms with Gasteiger partial charge in [-0.3, -0.25) is 4.79 Å². The van der Waals surface area contributed by atoms with Gasteiger partial charge in [0.1, 0.15) is 5.15 Å². The summed E-state index contributed by atoms with van der Waals surface area (Å²) in [4.78, 5) is 17.4. The molecule has 0 atom stereocenters. The first-order valence-corrected chi connectivity index (χ1v) is 5.78. The van der Waals surface area contributed by atoms with Crippen molar-refractivity contribution in [2.24, 2.45) is 0 Å². The Morgan fingerprint density at radius 2 is 2.38 bits per heavy atom. The number of carbonyl (C=O) groups excluding carboxylic acids is 1. The van der Waals surface area contributed by atoms with Gasteiger partial charge in [0.05, 0.1) is 12.2 Å². The number of pyridine rings is 1. The Morgan fingerprint density at radius 3 is 3.00 bits per heavy atom. The van der Waals surface area contributed by atoms with Gasteiger partial charge in [-0.05, 0) is 22.0 Å². The van der Waals surface area contributed by atoms with Crippen molar-refractivity contribution in [2.45, 2.75) is 0 Å². The fourth-order valence-corrected chi connectivity index (χ4v) is 1.62. The maximum atomic E-state index is 11.9. The highest BCUT2D eigenvalue weighted by molar-refractivity contribution is 9.10. The normalized spacial score (nSPS) is 10.2. The van der Waals surface area contributed by atoms with Gasteiger partial charge in [-0.1, -0.05) is 11.6 Å². The Labute approximate surface area is 108 Å². The van der Waals surface area contributed by atoms with Crippen molar-refractivity contribution >= 4 is 33.4 Å². The zero-order valence-electron chi connectivity index (χ0n) is 9.04. The molecule has 6 heteroatoms. The van der Waals surface area contributed by atoms with E-state index < -0.39 is 0 Å². The summed E-state index contributed by atoms with van der Waals surface area (Å²) in [5, 5.41) is 0.206. The lowest BCUT2D eigenvalue weighted by atomic mass is 10.2. The van der Waals surface area contributed by atoms with E-state index in [1.54, 1.807) is 31.3 Å². The van der Waals surface area contributed by atoms with Crippen LogP contribution in [-0.4, -0.2) is 43.1 Å². The van der Waals surface area contributed by atoms with E-state index in [4.69, 9.17) is 16.3 Å². The maximum Gasteiger partial charge on any atom is 0.256 e. The molecule has 0 saturated carbocycles. The predicted molar refractivity (Wildman–Crippen MR) is 65.8 cm³/mol. The van der Waals surface area contributed by atoms with Crippen molar-refractivity contribution in [1.29, 1.82) is 0 Å². The third kappa shape index (κ3) is 3.43. The summed E-state index contributed by atoms with van der Waals surface area (Å²) in [5.41, 5.74) is 0.384. The van der Waals surface area contributed by atoms with Crippen LogP contribution in [0.1, 0.15) is 10.4 Å². The van der Waals surface area contributed by atoms with Gasteiger partial charge in [-0.2, -0.15) is 0 Å². The van der Waals surface area contributed by atoms with Crippen LogP contribution in [0.5, 0.6) is 0 Å². The number of methoxy groups -OCH3 is 1. The second-order valence-corrected chi connectivity index (χ2v) is 4.49. The van der Waals surface area contributed by atoms with Gasteiger partial charge in [0.2, 0.25) is 0 Å². The number of halogens is 2. The van der Waals surface area contributed by atoms with Crippen LogP contribution in [0.4, 0.5) is 0 Å². The van der Waals surface area contributed by atoms with Gasteiger partial charge in [-0.15, -0.1) is 0 Å². The van der Waals surface area contributed by atoms with Crippen LogP contribution in [0.15, 0.2) is 16.7 Å². The van der Waals surface area contributed by atoms with Gasteiger partial charge in [-0.25, -0.2) is 4.98 Å². The molecule has 0 saturated heterocycles. The summed E-state index contributed by atoms with van der Waals surface area (Å²) in [5.74, 6) is -0.171. The van der Waals surface area contributed by atoms with Gasteiger partial charge in [0, 0.05) is 31.4 Å². The number of carbonyl (C=O) groups is 1. The van der Waals surface area contributed by atoms with E-state index >= 15 is 0 Å². The number of amides is 1. The molecule has 0 unspecified atom stereocenters. The lowest BCUT2D eigenvalue weighted by Crippen LogP contribution is -2.30. The molecule has 0 radical (unpaired) electrons. The van der Waals surface area contributed by atoms with E-state index in [1.165, 1.54) is 0 Å². The highest BCUT2D eigenvalue weighted by Crippen LogP contribution is 2.19. The minimum Gasteiger partial charge on any atom is -0.383 e. The van der Waals surface area contributed by atoms with E-state index in [-0.39, 0.29) is 11.1 Å². The van der Waals surface area contributed by atoms with E-state index in [9.17, 15) is 4.79 Å². The summed E-state index contributed by atoms with van der Waals surface area (Å²) in [6.07, 6.45) is 1.55. The number of ether oxygens (including phenoxy) is 1. The molecular weight excluding hydrogens is 295 g/mol. The largest absolute Gasteiger partial charge is 0.383 e. The van der Waals surface area contributed by atoms with Gasteiger partial charge in [0.25, 0.3) is 5.91 Å². The van der Waals surface area contributed by atoms with Crippen LogP contribution < -0.4 is 0 Å². The third-order valence-electron chi connectivity index (χ3n) is 2.01. The van der Waals surface area contributed by atoms with Crippen LogP contribution in [0.25, 0.3) is 0 Å². The van der Waals surface area contributed by atoms with Crippen LogP contribution in [0.2, 0.25) is 5.15 Å². The smallest absolute Gasteiger partial charge is 0.256 e. The number of hydrogen-bond donors (Lipinski definition) is 0. The molecule has 1 heterocycles. The Morgan fingerprint density at radius 1 is 1.69 bits per heavy atom. The average molecular weight is 308 g/mol. The molecule has 0 aliphatic carbocycles. The maximum absolute atomic E-state index is 11.9. The standard InChI is InChI=1S/C10H12BrClN2O2/c1-14(3-4-16-2)10(15)8-5-7(11)6-13-9(8)12/h5-6H,3-4H2,1-2H3. The van der Waals surface area contributed by atoms with Crippen molar-refractivity contribution in [3.8, 4) is 0 Å². The Bertz CT molecular complexity index is 387. The van der Waals surface area contributed by atoms with Crippen molar-refractivity contribution in [3.05, 3.63) is 27.5 Å². The summed E-state index contributed by atoms with van der Waals surface area (Å²) < 4.78 is 5.62. The molecule has 0 spiro atoms. The first-order valence-electron chi connectivity index (χ1n) is 4.61. The zero-order chi connectivity index (χ0) is 12.1. The fraction of sp³-hybridized carbons (Fsp3) is 0.400. The number of rotatable bonds is 4. The quantitative estimate of drug-likeness (QED) is 0.801. The highest BCUT2D eigenvalue weighted by Gasteiger charge is 2.16. The summed E-state index contributed by atoms with van der Waals surface area (Å²) in [6, 6.07) is 1.65. The molecule has 0 aromatic carbocycles. The highest BCUT2D eigenvalue weighted by atomic mass is 79.9. The third-order valence-corrected chi connectivity index (χ3v) is 2.75. The van der Waals surface area contributed by atoms with Crippen LogP contribution >= 0.6 is 27.5 Å². The topological polar surface area (TPSA) is 42.4 Å². The SMILES string of the molecule is COCCN(C)C(=O)c1cc(Br)cnc1Cl. The second-order valence-electron chi connectivity index (χ2n) is 3.21. The van der Waals surface area contributed by atoms with E-state index in [0.717, 1.165) is 4.47 Å². The molecule has 1 rings (SSSR count). The molecular formula is C10H12BrClN2O2. The van der Waals surface area contributed by atoms with Crippen molar-refractivity contribution in [2.75, 3.05) is 27.3 Å². The first-order chi connectivity index (χ1) is 7.56. The molecule has 0 aliphatic rings. The lowest BCUT2D eigenvalue weighted by molar-refractivity contribution is 0.0744. The molecule has 0 bridgehead atoms. The number of likely N-dealkylation sites (N-methyl/N-ethyl adjacent to an activating group) is 1. The Kier molecular flexibility index (Phi) is 5.18. The molecule has 0 N–H and O–H groups in total. The average Bonchev–Trinajstić information content (AvgIpc) is 2.28. The molecule has 1 amide bonds. The molecule has 88 valence electrons. The second kappa shape index (κ2) is 6.18. The molecule has 1 aromatic rings. The fourth-order valence-electron chi connectivity index (χ4n) is 1.11. The summed E-state index contributed by atoms with van der Waals surface area (Å²) >= 11 is 9.11. The van der Waals surface area contributed by atoms with Gasteiger partial charge < -0.3 is 9.64 Å². The van der Waals surface area contributed by atoms with Crippen LogP contribution in [-0.2, 0) is 4.74 Å².